The maximum absolute atomic E-state index is 14.0. The summed E-state index contributed by atoms with van der Waals surface area (Å²) in [7, 11) is 1.18. The molecule has 0 saturated heterocycles. The number of fused-ring (bicyclic) bond motifs is 2. The summed E-state index contributed by atoms with van der Waals surface area (Å²) in [6.07, 6.45) is 0. The predicted molar refractivity (Wildman–Crippen MR) is 111 cm³/mol. The van der Waals surface area contributed by atoms with E-state index in [1.165, 1.54) is 14.0 Å². The van der Waals surface area contributed by atoms with E-state index in [1.807, 2.05) is 0 Å². The minimum atomic E-state index is -2.00. The highest BCUT2D eigenvalue weighted by Gasteiger charge is 2.67. The second-order valence-electron chi connectivity index (χ2n) is 7.10. The second-order valence-corrected chi connectivity index (χ2v) is 7.10. The number of hydrogen-bond donors (Lipinski definition) is 1. The van der Waals surface area contributed by atoms with Crippen LogP contribution in [0.25, 0.3) is 0 Å². The topological polar surface area (TPSA) is 132 Å². The molecule has 10 nitrogen and oxygen atoms in total. The Bertz CT molecular complexity index is 1030. The maximum atomic E-state index is 14.0. The summed E-state index contributed by atoms with van der Waals surface area (Å²) in [6, 6.07) is 6.45. The van der Waals surface area contributed by atoms with Gasteiger partial charge in [-0.25, -0.2) is 4.79 Å². The van der Waals surface area contributed by atoms with Crippen molar-refractivity contribution in [3.05, 3.63) is 41.2 Å². The monoisotopic (exact) mass is 444 g/mol. The largest absolute Gasteiger partial charge is 0.468 e. The van der Waals surface area contributed by atoms with Crippen LogP contribution in [-0.2, 0) is 43.5 Å². The molecule has 3 rings (SSSR count). The van der Waals surface area contributed by atoms with Crippen LogP contribution in [0.4, 0.5) is 5.69 Å². The minimum absolute atomic E-state index is 0.00885. The molecule has 0 aromatic heterocycles. The quantitative estimate of drug-likeness (QED) is 0.515. The van der Waals surface area contributed by atoms with Crippen molar-refractivity contribution in [1.29, 1.82) is 5.41 Å². The van der Waals surface area contributed by atoms with E-state index in [0.29, 0.717) is 5.69 Å². The van der Waals surface area contributed by atoms with Crippen LogP contribution in [0.1, 0.15) is 26.3 Å². The summed E-state index contributed by atoms with van der Waals surface area (Å²) < 4.78 is 20.5. The van der Waals surface area contributed by atoms with Crippen LogP contribution in [0.5, 0.6) is 0 Å². The SMILES string of the molecule is CCOC(=O)C1=C(C)OC(=N)C(C(=O)OCC)C12C(=O)N(CC(=O)OC)c1ccccc12. The zero-order valence-corrected chi connectivity index (χ0v) is 18.2. The van der Waals surface area contributed by atoms with E-state index in [0.717, 1.165) is 4.90 Å². The van der Waals surface area contributed by atoms with Crippen LogP contribution in [0.15, 0.2) is 35.6 Å². The Balaban J connectivity index is 2.38. The standard InChI is InChI=1S/C22H24N2O8/c1-5-30-19(26)16-12(3)32-18(23)17(20(27)31-6-2)22(16)13-9-7-8-10-14(13)24(21(22)28)11-15(25)29-4/h7-10,17,23H,5-6,11H2,1-4H3. The second kappa shape index (κ2) is 8.81. The van der Waals surface area contributed by atoms with Gasteiger partial charge in [0.05, 0.1) is 25.9 Å². The van der Waals surface area contributed by atoms with Gasteiger partial charge in [-0.3, -0.25) is 24.7 Å². The van der Waals surface area contributed by atoms with Gasteiger partial charge in [0.2, 0.25) is 11.8 Å². The highest BCUT2D eigenvalue weighted by molar-refractivity contribution is 6.22. The molecule has 2 unspecified atom stereocenters. The van der Waals surface area contributed by atoms with Crippen LogP contribution in [-0.4, -0.2) is 56.6 Å². The number of carbonyl (C=O) groups is 4. The smallest absolute Gasteiger partial charge is 0.338 e. The number of rotatable bonds is 6. The number of anilines is 1. The molecule has 170 valence electrons. The third kappa shape index (κ3) is 3.31. The Morgan fingerprint density at radius 3 is 2.44 bits per heavy atom. The van der Waals surface area contributed by atoms with Gasteiger partial charge in [-0.05, 0) is 32.4 Å². The molecule has 1 spiro atoms. The number of benzene rings is 1. The van der Waals surface area contributed by atoms with Crippen molar-refractivity contribution in [3.8, 4) is 0 Å². The first-order chi connectivity index (χ1) is 15.2. The van der Waals surface area contributed by atoms with Gasteiger partial charge in [0.25, 0.3) is 0 Å². The summed E-state index contributed by atoms with van der Waals surface area (Å²) in [6.45, 7) is 4.14. The molecule has 2 aliphatic heterocycles. The molecule has 1 amide bonds. The Morgan fingerprint density at radius 1 is 1.16 bits per heavy atom. The lowest BCUT2D eigenvalue weighted by Crippen LogP contribution is -2.57. The number of esters is 3. The number of amides is 1. The number of carbonyl (C=O) groups excluding carboxylic acids is 4. The fourth-order valence-electron chi connectivity index (χ4n) is 4.26. The van der Waals surface area contributed by atoms with Crippen molar-refractivity contribution < 1.29 is 38.1 Å². The van der Waals surface area contributed by atoms with Gasteiger partial charge in [-0.1, -0.05) is 18.2 Å². The molecule has 0 aliphatic carbocycles. The van der Waals surface area contributed by atoms with Crippen molar-refractivity contribution in [1.82, 2.24) is 0 Å². The summed E-state index contributed by atoms with van der Waals surface area (Å²) in [5.41, 5.74) is -1.63. The van der Waals surface area contributed by atoms with Crippen molar-refractivity contribution >= 4 is 35.4 Å². The summed E-state index contributed by atoms with van der Waals surface area (Å²) >= 11 is 0. The Hall–Kier alpha value is -3.69. The molecule has 2 atom stereocenters. The molecule has 1 N–H and O–H groups in total. The minimum Gasteiger partial charge on any atom is -0.468 e. The van der Waals surface area contributed by atoms with E-state index in [2.05, 4.69) is 0 Å². The van der Waals surface area contributed by atoms with Gasteiger partial charge in [0, 0.05) is 5.69 Å². The van der Waals surface area contributed by atoms with Crippen LogP contribution < -0.4 is 4.90 Å². The Kier molecular flexibility index (Phi) is 6.33. The molecule has 0 saturated carbocycles. The first-order valence-electron chi connectivity index (χ1n) is 10.0. The molecule has 32 heavy (non-hydrogen) atoms. The normalized spacial score (nSPS) is 21.9. The van der Waals surface area contributed by atoms with Crippen molar-refractivity contribution in [2.45, 2.75) is 26.2 Å². The Morgan fingerprint density at radius 2 is 1.81 bits per heavy atom. The van der Waals surface area contributed by atoms with Gasteiger partial charge >= 0.3 is 17.9 Å². The lowest BCUT2D eigenvalue weighted by Gasteiger charge is -2.39. The van der Waals surface area contributed by atoms with Crippen molar-refractivity contribution in [2.75, 3.05) is 31.8 Å². The molecule has 2 heterocycles. The zero-order chi connectivity index (χ0) is 23.6. The van der Waals surface area contributed by atoms with E-state index in [-0.39, 0.29) is 30.1 Å². The number of methoxy groups -OCH3 is 1. The van der Waals surface area contributed by atoms with Crippen LogP contribution >= 0.6 is 0 Å². The predicted octanol–water partition coefficient (Wildman–Crippen LogP) is 1.47. The van der Waals surface area contributed by atoms with E-state index in [1.54, 1.807) is 38.1 Å². The van der Waals surface area contributed by atoms with Gasteiger partial charge in [-0.2, -0.15) is 0 Å². The Labute approximate surface area is 184 Å². The number of hydrogen-bond acceptors (Lipinski definition) is 9. The number of allylic oxidation sites excluding steroid dienone is 1. The van der Waals surface area contributed by atoms with E-state index in [4.69, 9.17) is 24.4 Å². The highest BCUT2D eigenvalue weighted by Crippen LogP contribution is 2.54. The molecule has 2 aliphatic rings. The molecular weight excluding hydrogens is 420 g/mol. The number of nitrogens with zero attached hydrogens (tertiary/aromatic N) is 1. The van der Waals surface area contributed by atoms with Gasteiger partial charge in [0.15, 0.2) is 5.92 Å². The van der Waals surface area contributed by atoms with Crippen LogP contribution in [0.3, 0.4) is 0 Å². The highest BCUT2D eigenvalue weighted by atomic mass is 16.5. The zero-order valence-electron chi connectivity index (χ0n) is 18.2. The molecule has 1 aromatic rings. The van der Waals surface area contributed by atoms with Crippen molar-refractivity contribution in [3.63, 3.8) is 0 Å². The third-order valence-corrected chi connectivity index (χ3v) is 5.42. The van der Waals surface area contributed by atoms with Gasteiger partial charge in [0.1, 0.15) is 17.7 Å². The van der Waals surface area contributed by atoms with E-state index >= 15 is 0 Å². The average Bonchev–Trinajstić information content (AvgIpc) is 2.97. The lowest BCUT2D eigenvalue weighted by atomic mass is 9.64. The third-order valence-electron chi connectivity index (χ3n) is 5.42. The summed E-state index contributed by atoms with van der Waals surface area (Å²) in [5.74, 6) is -5.41. The van der Waals surface area contributed by atoms with Crippen LogP contribution in [0.2, 0.25) is 0 Å². The van der Waals surface area contributed by atoms with Gasteiger partial charge < -0.3 is 18.9 Å². The summed E-state index contributed by atoms with van der Waals surface area (Å²) in [4.78, 5) is 53.4. The molecule has 1 aromatic carbocycles. The first-order valence-corrected chi connectivity index (χ1v) is 10.0. The lowest BCUT2D eigenvalue weighted by molar-refractivity contribution is -0.151. The molecule has 0 bridgehead atoms. The van der Waals surface area contributed by atoms with Gasteiger partial charge in [-0.15, -0.1) is 0 Å². The van der Waals surface area contributed by atoms with Crippen LogP contribution in [0, 0.1) is 11.3 Å². The number of ether oxygens (including phenoxy) is 4. The van der Waals surface area contributed by atoms with E-state index in [9.17, 15) is 19.2 Å². The van der Waals surface area contributed by atoms with Crippen molar-refractivity contribution in [2.24, 2.45) is 5.92 Å². The molecule has 10 heteroatoms. The van der Waals surface area contributed by atoms with E-state index < -0.39 is 47.6 Å². The fourth-order valence-corrected chi connectivity index (χ4v) is 4.26. The number of nitrogens with one attached hydrogen (secondary N) is 1. The number of para-hydroxylation sites is 1. The molecule has 0 radical (unpaired) electrons. The maximum Gasteiger partial charge on any atom is 0.338 e. The first kappa shape index (κ1) is 23.0. The average molecular weight is 444 g/mol. The summed E-state index contributed by atoms with van der Waals surface area (Å²) in [5, 5.41) is 8.41. The fraction of sp³-hybridized carbons (Fsp3) is 0.409. The molecule has 0 fully saturated rings. The molecular formula is C22H24N2O8.